The maximum atomic E-state index is 9.70. The zero-order valence-corrected chi connectivity index (χ0v) is 3.27. The lowest BCUT2D eigenvalue weighted by atomic mass is 10.5. The van der Waals surface area contributed by atoms with E-state index in [1.807, 2.05) is 0 Å². The topological polar surface area (TPSA) is 69.1 Å². The fourth-order valence-electron chi connectivity index (χ4n) is 0. The number of amides is 1. The van der Waals surface area contributed by atoms with E-state index in [1.165, 1.54) is 0 Å². The fourth-order valence-corrected chi connectivity index (χ4v) is 0. The summed E-state index contributed by atoms with van der Waals surface area (Å²) >= 11 is 0. The van der Waals surface area contributed by atoms with Crippen LogP contribution < -0.4 is 11.5 Å². The average Bonchev–Trinajstić information content (AvgIpc) is 1.36. The van der Waals surface area contributed by atoms with Crippen LogP contribution in [0.15, 0.2) is 12.3 Å². The SMILES string of the molecule is C=C(N)C(N)=O.[SiH4]. The molecule has 0 spiro atoms. The minimum atomic E-state index is -0.657. The lowest BCUT2D eigenvalue weighted by molar-refractivity contribution is -0.114. The summed E-state index contributed by atoms with van der Waals surface area (Å²) in [6, 6.07) is 0. The summed E-state index contributed by atoms with van der Waals surface area (Å²) in [6.07, 6.45) is 0. The van der Waals surface area contributed by atoms with Crippen molar-refractivity contribution in [1.82, 2.24) is 0 Å². The lowest BCUT2D eigenvalue weighted by Crippen LogP contribution is -2.18. The van der Waals surface area contributed by atoms with Gasteiger partial charge in [-0.15, -0.1) is 0 Å². The van der Waals surface area contributed by atoms with Crippen LogP contribution in [0.3, 0.4) is 0 Å². The summed E-state index contributed by atoms with van der Waals surface area (Å²) in [6.45, 7) is 3.06. The molecule has 0 fully saturated rings. The van der Waals surface area contributed by atoms with Gasteiger partial charge in [0.2, 0.25) is 0 Å². The quantitative estimate of drug-likeness (QED) is 0.295. The molecule has 0 aliphatic rings. The third-order valence-corrected chi connectivity index (χ3v) is 0.316. The van der Waals surface area contributed by atoms with Crippen molar-refractivity contribution < 1.29 is 4.79 Å². The largest absolute Gasteiger partial charge is 0.395 e. The van der Waals surface area contributed by atoms with Crippen LogP contribution in [0.4, 0.5) is 0 Å². The second-order valence-electron chi connectivity index (χ2n) is 0.889. The first-order valence-corrected chi connectivity index (χ1v) is 1.39. The molecule has 0 unspecified atom stereocenters. The highest BCUT2D eigenvalue weighted by Crippen LogP contribution is 1.65. The van der Waals surface area contributed by atoms with Crippen molar-refractivity contribution in [3.05, 3.63) is 12.3 Å². The first-order valence-electron chi connectivity index (χ1n) is 1.39. The zero-order valence-electron chi connectivity index (χ0n) is 3.27. The van der Waals surface area contributed by atoms with Crippen LogP contribution in [0, 0.1) is 0 Å². The van der Waals surface area contributed by atoms with Crippen molar-refractivity contribution in [2.45, 2.75) is 0 Å². The molecule has 0 heterocycles. The minimum Gasteiger partial charge on any atom is -0.395 e. The third kappa shape index (κ3) is 5.23. The molecule has 3 nitrogen and oxygen atoms in total. The number of carbonyl (C=O) groups excluding carboxylic acids is 1. The van der Waals surface area contributed by atoms with Gasteiger partial charge in [-0.25, -0.2) is 0 Å². The molecule has 0 saturated heterocycles. The van der Waals surface area contributed by atoms with Crippen LogP contribution in [0.25, 0.3) is 0 Å². The Labute approximate surface area is 46.4 Å². The van der Waals surface area contributed by atoms with Gasteiger partial charge >= 0.3 is 0 Å². The second kappa shape index (κ2) is 3.42. The van der Waals surface area contributed by atoms with Gasteiger partial charge in [-0.3, -0.25) is 4.79 Å². The van der Waals surface area contributed by atoms with Crippen LogP contribution in [-0.2, 0) is 4.79 Å². The smallest absolute Gasteiger partial charge is 0.263 e. The maximum absolute atomic E-state index is 9.70. The molecule has 0 radical (unpaired) electrons. The van der Waals surface area contributed by atoms with Gasteiger partial charge in [-0.05, 0) is 11.0 Å². The van der Waals surface area contributed by atoms with E-state index in [0.29, 0.717) is 0 Å². The number of nitrogens with two attached hydrogens (primary N) is 2. The number of hydrogen-bond donors (Lipinski definition) is 2. The summed E-state index contributed by atoms with van der Waals surface area (Å²) in [5, 5.41) is 0. The molecule has 0 bridgehead atoms. The number of hydrogen-bond acceptors (Lipinski definition) is 2. The van der Waals surface area contributed by atoms with Crippen molar-refractivity contribution >= 4 is 16.9 Å². The van der Waals surface area contributed by atoms with Crippen molar-refractivity contribution in [3.8, 4) is 0 Å². The predicted molar refractivity (Wildman–Crippen MR) is 33.9 cm³/mol. The second-order valence-corrected chi connectivity index (χ2v) is 0.889. The van der Waals surface area contributed by atoms with E-state index in [2.05, 4.69) is 12.3 Å². The molecule has 0 aliphatic heterocycles. The Hall–Kier alpha value is -0.773. The molecule has 0 rings (SSSR count). The average molecular weight is 118 g/mol. The van der Waals surface area contributed by atoms with Crippen molar-refractivity contribution in [2.75, 3.05) is 0 Å². The Morgan fingerprint density at radius 3 is 1.57 bits per heavy atom. The van der Waals surface area contributed by atoms with Crippen molar-refractivity contribution in [2.24, 2.45) is 11.5 Å². The van der Waals surface area contributed by atoms with Crippen molar-refractivity contribution in [3.63, 3.8) is 0 Å². The molecule has 4 heteroatoms. The van der Waals surface area contributed by atoms with Crippen LogP contribution in [0.5, 0.6) is 0 Å². The lowest BCUT2D eigenvalue weighted by Gasteiger charge is -1.82. The van der Waals surface area contributed by atoms with E-state index in [-0.39, 0.29) is 16.7 Å². The normalized spacial score (nSPS) is 6.29. The molecule has 0 atom stereocenters. The summed E-state index contributed by atoms with van der Waals surface area (Å²) in [5.74, 6) is -0.657. The Kier molecular flexibility index (Phi) is 4.65. The van der Waals surface area contributed by atoms with Crippen LogP contribution in [0.1, 0.15) is 0 Å². The molecule has 7 heavy (non-hydrogen) atoms. The third-order valence-electron chi connectivity index (χ3n) is 0.316. The maximum Gasteiger partial charge on any atom is 0.263 e. The van der Waals surface area contributed by atoms with Crippen LogP contribution >= 0.6 is 0 Å². The van der Waals surface area contributed by atoms with Gasteiger partial charge in [0.25, 0.3) is 5.91 Å². The molecular weight excluding hydrogens is 108 g/mol. The van der Waals surface area contributed by atoms with Gasteiger partial charge in [-0.2, -0.15) is 0 Å². The summed E-state index contributed by atoms with van der Waals surface area (Å²) in [7, 11) is 0. The van der Waals surface area contributed by atoms with E-state index in [0.717, 1.165) is 0 Å². The van der Waals surface area contributed by atoms with E-state index < -0.39 is 5.91 Å². The Morgan fingerprint density at radius 2 is 1.57 bits per heavy atom. The first-order chi connectivity index (χ1) is 2.64. The highest BCUT2D eigenvalue weighted by molar-refractivity contribution is 5.90. The van der Waals surface area contributed by atoms with Gasteiger partial charge in [0.05, 0.1) is 5.70 Å². The van der Waals surface area contributed by atoms with Crippen LogP contribution in [-0.4, -0.2) is 16.9 Å². The van der Waals surface area contributed by atoms with E-state index in [4.69, 9.17) is 5.73 Å². The fraction of sp³-hybridized carbons (Fsp3) is 0. The van der Waals surface area contributed by atoms with Gasteiger partial charge in [0.1, 0.15) is 0 Å². The van der Waals surface area contributed by atoms with Gasteiger partial charge in [0, 0.05) is 0 Å². The monoisotopic (exact) mass is 118 g/mol. The summed E-state index contributed by atoms with van der Waals surface area (Å²) in [4.78, 5) is 9.70. The standard InChI is InChI=1S/C3H6N2O.H4Si/c1-2(4)3(5)6;/h1,4H2,(H2,5,6);1H4. The Morgan fingerprint density at radius 1 is 1.43 bits per heavy atom. The van der Waals surface area contributed by atoms with Gasteiger partial charge in [0.15, 0.2) is 0 Å². The minimum absolute atomic E-state index is 0. The highest BCUT2D eigenvalue weighted by Gasteiger charge is 1.87. The molecule has 1 amide bonds. The molecule has 0 saturated carbocycles. The molecule has 0 aromatic heterocycles. The summed E-state index contributed by atoms with van der Waals surface area (Å²) < 4.78 is 0. The molecule has 0 aliphatic carbocycles. The Bertz CT molecular complexity index is 78.9. The van der Waals surface area contributed by atoms with Gasteiger partial charge in [-0.1, -0.05) is 6.58 Å². The molecule has 0 aromatic carbocycles. The first kappa shape index (κ1) is 9.52. The van der Waals surface area contributed by atoms with Crippen molar-refractivity contribution in [1.29, 1.82) is 0 Å². The molecular formula is C3H10N2OSi. The molecule has 4 N–H and O–H groups in total. The van der Waals surface area contributed by atoms with Gasteiger partial charge < -0.3 is 11.5 Å². The predicted octanol–water partition coefficient (Wildman–Crippen LogP) is -2.51. The number of primary amides is 1. The van der Waals surface area contributed by atoms with E-state index in [1.54, 1.807) is 0 Å². The Balaban J connectivity index is 0. The molecule has 0 aromatic rings. The summed E-state index contributed by atoms with van der Waals surface area (Å²) in [5.41, 5.74) is 9.24. The van der Waals surface area contributed by atoms with E-state index in [9.17, 15) is 4.79 Å². The van der Waals surface area contributed by atoms with Crippen LogP contribution in [0.2, 0.25) is 0 Å². The van der Waals surface area contributed by atoms with E-state index >= 15 is 0 Å². The highest BCUT2D eigenvalue weighted by atomic mass is 28.1. The number of carbonyl (C=O) groups is 1. The number of rotatable bonds is 1. The zero-order chi connectivity index (χ0) is 5.15. The molecule has 42 valence electrons.